The number of aromatic nitrogens is 2. The van der Waals surface area contributed by atoms with Crippen molar-refractivity contribution in [2.24, 2.45) is 11.7 Å². The van der Waals surface area contributed by atoms with Crippen molar-refractivity contribution in [3.05, 3.63) is 42.9 Å². The number of hydrogen-bond donors (Lipinski definition) is 1. The van der Waals surface area contributed by atoms with E-state index in [4.69, 9.17) is 15.2 Å². The maximum Gasteiger partial charge on any atom is 0.161 e. The van der Waals surface area contributed by atoms with Gasteiger partial charge in [-0.1, -0.05) is 19.1 Å². The highest BCUT2D eigenvalue weighted by atomic mass is 16.6. The maximum absolute atomic E-state index is 5.53. The lowest BCUT2D eigenvalue weighted by Gasteiger charge is -2.30. The molecule has 0 bridgehead atoms. The minimum absolute atomic E-state index is 0.0000926. The number of anilines is 1. The predicted octanol–water partition coefficient (Wildman–Crippen LogP) is 2.50. The molecule has 0 amide bonds. The van der Waals surface area contributed by atoms with Gasteiger partial charge in [-0.3, -0.25) is 4.98 Å². The molecule has 4 rings (SSSR count). The van der Waals surface area contributed by atoms with Crippen LogP contribution in [0.5, 0.6) is 11.5 Å². The van der Waals surface area contributed by atoms with Crippen LogP contribution in [0.25, 0.3) is 0 Å². The molecule has 6 nitrogen and oxygen atoms in total. The fourth-order valence-electron chi connectivity index (χ4n) is 2.87. The van der Waals surface area contributed by atoms with Crippen LogP contribution in [-0.2, 0) is 0 Å². The van der Waals surface area contributed by atoms with Crippen LogP contribution in [0.1, 0.15) is 19.8 Å². The van der Waals surface area contributed by atoms with E-state index in [0.717, 1.165) is 36.3 Å². The van der Waals surface area contributed by atoms with Gasteiger partial charge in [-0.2, -0.15) is 0 Å². The number of piperidine rings is 1. The fraction of sp³-hybridized carbons (Fsp3) is 0.474. The Morgan fingerprint density at radius 2 is 1.92 bits per heavy atom. The Kier molecular flexibility index (Phi) is 6.06. The van der Waals surface area contributed by atoms with E-state index in [1.165, 1.54) is 12.8 Å². The van der Waals surface area contributed by atoms with Crippen LogP contribution in [0.3, 0.4) is 0 Å². The van der Waals surface area contributed by atoms with Crippen LogP contribution in [-0.4, -0.2) is 42.3 Å². The number of nitrogens with zero attached hydrogens (tertiary/aromatic N) is 3. The number of para-hydroxylation sites is 2. The van der Waals surface area contributed by atoms with Crippen molar-refractivity contribution in [3.8, 4) is 11.5 Å². The van der Waals surface area contributed by atoms with Crippen LogP contribution >= 0.6 is 0 Å². The van der Waals surface area contributed by atoms with Gasteiger partial charge in [0.25, 0.3) is 0 Å². The van der Waals surface area contributed by atoms with Crippen LogP contribution < -0.4 is 20.1 Å². The van der Waals surface area contributed by atoms with Gasteiger partial charge in [-0.25, -0.2) is 4.98 Å². The lowest BCUT2D eigenvalue weighted by atomic mass is 9.99. The standard InChI is InChI=1S/C10H15N3.C9H11NO2/c1-9-2-6-13(7-3-9)10-8-11-4-5-12-10;10-5-7-6-11-8-3-1-2-4-9(8)12-7/h4-5,8-9H,2-3,6-7H2,1H3;1-4,7H,5-6,10H2. The molecule has 1 unspecified atom stereocenters. The van der Waals surface area contributed by atoms with Crippen molar-refractivity contribution in [1.29, 1.82) is 0 Å². The summed E-state index contributed by atoms with van der Waals surface area (Å²) in [6.07, 6.45) is 7.87. The van der Waals surface area contributed by atoms with Crippen molar-refractivity contribution < 1.29 is 9.47 Å². The average Bonchev–Trinajstić information content (AvgIpc) is 2.69. The van der Waals surface area contributed by atoms with E-state index in [1.54, 1.807) is 12.4 Å². The molecule has 1 saturated heterocycles. The normalized spacial score (nSPS) is 19.8. The molecule has 0 radical (unpaired) electrons. The summed E-state index contributed by atoms with van der Waals surface area (Å²) in [4.78, 5) is 10.7. The minimum atomic E-state index is -0.0000926. The summed E-state index contributed by atoms with van der Waals surface area (Å²) in [5.74, 6) is 3.49. The second-order valence-electron chi connectivity index (χ2n) is 6.47. The zero-order valence-electron chi connectivity index (χ0n) is 14.7. The van der Waals surface area contributed by atoms with Gasteiger partial charge >= 0.3 is 0 Å². The van der Waals surface area contributed by atoms with E-state index in [2.05, 4.69) is 21.8 Å². The van der Waals surface area contributed by atoms with E-state index < -0.39 is 0 Å². The zero-order valence-corrected chi connectivity index (χ0v) is 14.7. The molecule has 1 aromatic carbocycles. The Balaban J connectivity index is 0.000000146. The van der Waals surface area contributed by atoms with Gasteiger partial charge in [0.2, 0.25) is 0 Å². The summed E-state index contributed by atoms with van der Waals surface area (Å²) in [5, 5.41) is 0. The molecule has 2 N–H and O–H groups in total. The summed E-state index contributed by atoms with van der Waals surface area (Å²) in [6, 6.07) is 7.62. The molecule has 134 valence electrons. The van der Waals surface area contributed by atoms with Crippen LogP contribution in [0.4, 0.5) is 5.82 Å². The van der Waals surface area contributed by atoms with Gasteiger partial charge in [0, 0.05) is 32.0 Å². The first-order valence-corrected chi connectivity index (χ1v) is 8.85. The zero-order chi connectivity index (χ0) is 17.5. The molecule has 2 aromatic rings. The summed E-state index contributed by atoms with van der Waals surface area (Å²) in [5.41, 5.74) is 5.46. The number of hydrogen-bond acceptors (Lipinski definition) is 6. The number of benzene rings is 1. The van der Waals surface area contributed by atoms with Gasteiger partial charge in [-0.15, -0.1) is 0 Å². The smallest absolute Gasteiger partial charge is 0.161 e. The Morgan fingerprint density at radius 3 is 2.60 bits per heavy atom. The third-order valence-corrected chi connectivity index (χ3v) is 4.49. The quantitative estimate of drug-likeness (QED) is 0.904. The molecule has 0 aliphatic carbocycles. The molecule has 2 aliphatic rings. The highest BCUT2D eigenvalue weighted by Crippen LogP contribution is 2.30. The maximum atomic E-state index is 5.53. The SMILES string of the molecule is CC1CCN(c2cnccn2)CC1.NCC1COc2ccccc2O1. The first kappa shape index (κ1) is 17.5. The first-order valence-electron chi connectivity index (χ1n) is 8.85. The second kappa shape index (κ2) is 8.67. The largest absolute Gasteiger partial charge is 0.486 e. The average molecular weight is 342 g/mol. The van der Waals surface area contributed by atoms with Crippen molar-refractivity contribution in [1.82, 2.24) is 9.97 Å². The van der Waals surface area contributed by atoms with Crippen molar-refractivity contribution in [2.75, 3.05) is 31.1 Å². The van der Waals surface area contributed by atoms with E-state index in [9.17, 15) is 0 Å². The third kappa shape index (κ3) is 4.82. The van der Waals surface area contributed by atoms with Crippen molar-refractivity contribution >= 4 is 5.82 Å². The predicted molar refractivity (Wildman–Crippen MR) is 98.1 cm³/mol. The lowest BCUT2D eigenvalue weighted by Crippen LogP contribution is -2.35. The molecule has 1 atom stereocenters. The summed E-state index contributed by atoms with van der Waals surface area (Å²) in [6.45, 7) is 5.61. The molecule has 25 heavy (non-hydrogen) atoms. The Bertz CT molecular complexity index is 645. The highest BCUT2D eigenvalue weighted by molar-refractivity contribution is 5.40. The topological polar surface area (TPSA) is 73.5 Å². The first-order chi connectivity index (χ1) is 12.3. The third-order valence-electron chi connectivity index (χ3n) is 4.49. The molecule has 1 aromatic heterocycles. The molecule has 6 heteroatoms. The fourth-order valence-corrected chi connectivity index (χ4v) is 2.87. The van der Waals surface area contributed by atoms with E-state index in [1.807, 2.05) is 30.5 Å². The molecular formula is C19H26N4O2. The van der Waals surface area contributed by atoms with Gasteiger partial charge in [0.15, 0.2) is 11.5 Å². The van der Waals surface area contributed by atoms with Gasteiger partial charge in [0.05, 0.1) is 6.20 Å². The number of nitrogens with two attached hydrogens (primary N) is 1. The molecule has 1 fully saturated rings. The number of rotatable bonds is 2. The molecule has 3 heterocycles. The molecule has 0 spiro atoms. The van der Waals surface area contributed by atoms with Crippen molar-refractivity contribution in [2.45, 2.75) is 25.9 Å². The van der Waals surface area contributed by atoms with E-state index in [-0.39, 0.29) is 6.10 Å². The summed E-state index contributed by atoms with van der Waals surface area (Å²) in [7, 11) is 0. The van der Waals surface area contributed by atoms with Crippen molar-refractivity contribution in [3.63, 3.8) is 0 Å². The minimum Gasteiger partial charge on any atom is -0.486 e. The molecule has 0 saturated carbocycles. The summed E-state index contributed by atoms with van der Waals surface area (Å²) >= 11 is 0. The van der Waals surface area contributed by atoms with Gasteiger partial charge < -0.3 is 20.1 Å². The van der Waals surface area contributed by atoms with E-state index in [0.29, 0.717) is 13.2 Å². The van der Waals surface area contributed by atoms with E-state index >= 15 is 0 Å². The Morgan fingerprint density at radius 1 is 1.16 bits per heavy atom. The summed E-state index contributed by atoms with van der Waals surface area (Å²) < 4.78 is 11.0. The molecule has 2 aliphatic heterocycles. The van der Waals surface area contributed by atoms with Crippen LogP contribution in [0.2, 0.25) is 0 Å². The lowest BCUT2D eigenvalue weighted by molar-refractivity contribution is 0.0969. The van der Waals surface area contributed by atoms with Gasteiger partial charge in [-0.05, 0) is 30.9 Å². The molecular weight excluding hydrogens is 316 g/mol. The highest BCUT2D eigenvalue weighted by Gasteiger charge is 2.18. The second-order valence-corrected chi connectivity index (χ2v) is 6.47. The van der Waals surface area contributed by atoms with Crippen LogP contribution in [0, 0.1) is 5.92 Å². The Labute approximate surface area is 149 Å². The Hall–Kier alpha value is -2.34. The monoisotopic (exact) mass is 342 g/mol. The van der Waals surface area contributed by atoms with Gasteiger partial charge in [0.1, 0.15) is 18.5 Å². The number of ether oxygens (including phenoxy) is 2. The number of fused-ring (bicyclic) bond motifs is 1. The van der Waals surface area contributed by atoms with Crippen LogP contribution in [0.15, 0.2) is 42.9 Å².